The van der Waals surface area contributed by atoms with Crippen molar-refractivity contribution in [1.82, 2.24) is 0 Å². The topological polar surface area (TPSA) is 17.1 Å². The molecule has 0 aromatic heterocycles. The largest absolute Gasteiger partial charge is 0.313 e. The highest BCUT2D eigenvalue weighted by atomic mass is 79.9. The van der Waals surface area contributed by atoms with Crippen LogP contribution in [0.15, 0.2) is 89.4 Å². The number of rotatable bonds is 4. The fourth-order valence-electron chi connectivity index (χ4n) is 2.54. The molecule has 0 radical (unpaired) electrons. The molecule has 0 fully saturated rings. The molecule has 0 heterocycles. The minimum absolute atomic E-state index is 0.516. The monoisotopic (exact) mass is 370 g/mol. The highest BCUT2D eigenvalue weighted by Gasteiger charge is 2.27. The van der Waals surface area contributed by atoms with Crippen LogP contribution >= 0.6 is 23.1 Å². The Kier molecular flexibility index (Phi) is 4.61. The molecule has 1 nitrogen and oxygen atoms in total. The molecular weight excluding hydrogens is 355 g/mol. The summed E-state index contributed by atoms with van der Waals surface area (Å²) in [6, 6.07) is 27.5. The summed E-state index contributed by atoms with van der Waals surface area (Å²) in [6.07, 6.45) is 0.516. The van der Waals surface area contributed by atoms with Gasteiger partial charge in [0.25, 0.3) is 0 Å². The van der Waals surface area contributed by atoms with Gasteiger partial charge in [0, 0.05) is 21.2 Å². The average molecular weight is 371 g/mol. The molecule has 3 rings (SSSR count). The molecule has 0 N–H and O–H groups in total. The van der Waals surface area contributed by atoms with E-state index in [1.807, 2.05) is 84.9 Å². The Hall–Kier alpha value is -1.63. The maximum absolute atomic E-state index is 13.9. The lowest BCUT2D eigenvalue weighted by Crippen LogP contribution is -2.17. The summed E-state index contributed by atoms with van der Waals surface area (Å²) in [4.78, 5) is 0. The first-order valence-electron chi connectivity index (χ1n) is 7.14. The SMILES string of the molecule is O=P(Cc1ccccc1Br)(c1ccccc1)c1ccccc1. The predicted molar refractivity (Wildman–Crippen MR) is 97.6 cm³/mol. The molecule has 0 saturated heterocycles. The molecular formula is C19H16BrOP. The van der Waals surface area contributed by atoms with Crippen molar-refractivity contribution in [2.75, 3.05) is 0 Å². The molecule has 0 spiro atoms. The number of benzene rings is 3. The Morgan fingerprint density at radius 3 is 1.64 bits per heavy atom. The maximum Gasteiger partial charge on any atom is 0.147 e. The molecule has 0 atom stereocenters. The van der Waals surface area contributed by atoms with E-state index in [1.54, 1.807) is 0 Å². The van der Waals surface area contributed by atoms with Gasteiger partial charge in [-0.05, 0) is 11.6 Å². The van der Waals surface area contributed by atoms with Crippen LogP contribution < -0.4 is 10.6 Å². The van der Waals surface area contributed by atoms with Crippen molar-refractivity contribution >= 4 is 33.7 Å². The molecule has 22 heavy (non-hydrogen) atoms. The highest BCUT2D eigenvalue weighted by Crippen LogP contribution is 2.47. The summed E-state index contributed by atoms with van der Waals surface area (Å²) in [5, 5.41) is 1.80. The maximum atomic E-state index is 13.9. The summed E-state index contributed by atoms with van der Waals surface area (Å²) < 4.78 is 14.9. The zero-order chi connectivity index (χ0) is 15.4. The first-order valence-corrected chi connectivity index (χ1v) is 9.82. The van der Waals surface area contributed by atoms with Crippen LogP contribution in [-0.2, 0) is 10.7 Å². The van der Waals surface area contributed by atoms with Crippen molar-refractivity contribution in [1.29, 1.82) is 0 Å². The summed E-state index contributed by atoms with van der Waals surface area (Å²) in [7, 11) is -2.70. The molecule has 3 aromatic rings. The lowest BCUT2D eigenvalue weighted by Gasteiger charge is -2.20. The second-order valence-corrected chi connectivity index (χ2v) is 8.84. The van der Waals surface area contributed by atoms with Crippen molar-refractivity contribution in [3.8, 4) is 0 Å². The fourth-order valence-corrected chi connectivity index (χ4v) is 5.90. The van der Waals surface area contributed by atoms with Crippen molar-refractivity contribution in [2.24, 2.45) is 0 Å². The fraction of sp³-hybridized carbons (Fsp3) is 0.0526. The molecule has 0 bridgehead atoms. The van der Waals surface area contributed by atoms with E-state index in [9.17, 15) is 4.57 Å². The van der Waals surface area contributed by atoms with Crippen LogP contribution in [0.25, 0.3) is 0 Å². The van der Waals surface area contributed by atoms with Crippen LogP contribution in [0.3, 0.4) is 0 Å². The van der Waals surface area contributed by atoms with Gasteiger partial charge in [0.2, 0.25) is 0 Å². The quantitative estimate of drug-likeness (QED) is 0.593. The number of hydrogen-bond acceptors (Lipinski definition) is 1. The van der Waals surface area contributed by atoms with Crippen molar-refractivity contribution in [3.05, 3.63) is 95.0 Å². The number of halogens is 1. The molecule has 110 valence electrons. The summed E-state index contributed by atoms with van der Waals surface area (Å²) in [5.74, 6) is 0. The van der Waals surface area contributed by atoms with Crippen LogP contribution in [0.1, 0.15) is 5.56 Å². The standard InChI is InChI=1S/C19H16BrOP/c20-19-14-8-7-9-16(19)15-22(21,17-10-3-1-4-11-17)18-12-5-2-6-13-18/h1-14H,15H2. The van der Waals surface area contributed by atoms with E-state index < -0.39 is 7.14 Å². The molecule has 0 aliphatic heterocycles. The predicted octanol–water partition coefficient (Wildman–Crippen LogP) is 4.96. The van der Waals surface area contributed by atoms with Crippen LogP contribution in [0.4, 0.5) is 0 Å². The zero-order valence-electron chi connectivity index (χ0n) is 12.0. The van der Waals surface area contributed by atoms with Crippen molar-refractivity contribution in [3.63, 3.8) is 0 Å². The summed E-state index contributed by atoms with van der Waals surface area (Å²) in [5.41, 5.74) is 1.07. The summed E-state index contributed by atoms with van der Waals surface area (Å²) in [6.45, 7) is 0. The Bertz CT molecular complexity index is 756. The Morgan fingerprint density at radius 1 is 0.682 bits per heavy atom. The lowest BCUT2D eigenvalue weighted by molar-refractivity contribution is 0.586. The normalized spacial score (nSPS) is 11.3. The molecule has 0 amide bonds. The number of hydrogen-bond donors (Lipinski definition) is 0. The van der Waals surface area contributed by atoms with E-state index >= 15 is 0 Å². The molecule has 3 heteroatoms. The molecule has 0 aliphatic rings. The van der Waals surface area contributed by atoms with Crippen molar-refractivity contribution in [2.45, 2.75) is 6.16 Å². The zero-order valence-corrected chi connectivity index (χ0v) is 14.5. The highest BCUT2D eigenvalue weighted by molar-refractivity contribution is 9.10. The van der Waals surface area contributed by atoms with Gasteiger partial charge < -0.3 is 4.57 Å². The average Bonchev–Trinajstić information content (AvgIpc) is 2.58. The van der Waals surface area contributed by atoms with E-state index in [-0.39, 0.29) is 0 Å². The Morgan fingerprint density at radius 2 is 1.14 bits per heavy atom. The summed E-state index contributed by atoms with van der Waals surface area (Å²) >= 11 is 3.57. The third-order valence-corrected chi connectivity index (χ3v) is 7.52. The van der Waals surface area contributed by atoms with Gasteiger partial charge in [-0.25, -0.2) is 0 Å². The van der Waals surface area contributed by atoms with E-state index in [0.717, 1.165) is 20.6 Å². The van der Waals surface area contributed by atoms with Gasteiger partial charge in [-0.3, -0.25) is 0 Å². The van der Waals surface area contributed by atoms with Gasteiger partial charge in [-0.2, -0.15) is 0 Å². The third kappa shape index (κ3) is 3.09. The van der Waals surface area contributed by atoms with E-state index in [2.05, 4.69) is 15.9 Å². The Balaban J connectivity index is 2.13. The minimum atomic E-state index is -2.70. The van der Waals surface area contributed by atoms with E-state index in [4.69, 9.17) is 0 Å². The first kappa shape index (κ1) is 15.3. The first-order chi connectivity index (χ1) is 10.7. The van der Waals surface area contributed by atoms with Crippen LogP contribution in [0.5, 0.6) is 0 Å². The molecule has 3 aromatic carbocycles. The van der Waals surface area contributed by atoms with Crippen LogP contribution in [0.2, 0.25) is 0 Å². The lowest BCUT2D eigenvalue weighted by atomic mass is 10.2. The molecule has 0 unspecified atom stereocenters. The second kappa shape index (κ2) is 6.64. The Labute approximate surface area is 139 Å². The van der Waals surface area contributed by atoms with Gasteiger partial charge in [0.05, 0.1) is 0 Å². The van der Waals surface area contributed by atoms with Gasteiger partial charge in [-0.1, -0.05) is 94.8 Å². The van der Waals surface area contributed by atoms with Gasteiger partial charge in [0.15, 0.2) is 0 Å². The molecule has 0 aliphatic carbocycles. The van der Waals surface area contributed by atoms with E-state index in [0.29, 0.717) is 6.16 Å². The second-order valence-electron chi connectivity index (χ2n) is 5.16. The third-order valence-electron chi connectivity index (χ3n) is 3.70. The van der Waals surface area contributed by atoms with Gasteiger partial charge in [-0.15, -0.1) is 0 Å². The smallest absolute Gasteiger partial charge is 0.147 e. The van der Waals surface area contributed by atoms with Gasteiger partial charge in [0.1, 0.15) is 7.14 Å². The van der Waals surface area contributed by atoms with Crippen LogP contribution in [0, 0.1) is 0 Å². The van der Waals surface area contributed by atoms with Crippen molar-refractivity contribution < 1.29 is 4.57 Å². The van der Waals surface area contributed by atoms with Crippen LogP contribution in [-0.4, -0.2) is 0 Å². The minimum Gasteiger partial charge on any atom is -0.313 e. The molecule has 0 saturated carbocycles. The van der Waals surface area contributed by atoms with E-state index in [1.165, 1.54) is 0 Å². The van der Waals surface area contributed by atoms with Gasteiger partial charge >= 0.3 is 0 Å².